The Hall–Kier alpha value is -1.10. The molecule has 2 saturated heterocycles. The van der Waals surface area contributed by atoms with E-state index in [9.17, 15) is 14.7 Å². The maximum absolute atomic E-state index is 12.1. The van der Waals surface area contributed by atoms with Crippen molar-refractivity contribution in [2.45, 2.75) is 26.2 Å². The van der Waals surface area contributed by atoms with Gasteiger partial charge in [0.2, 0.25) is 5.91 Å². The number of hydrogen-bond acceptors (Lipinski definition) is 3. The molecular formula is C12H20N2O3. The Bertz CT molecular complexity index is 328. The molecule has 2 heterocycles. The van der Waals surface area contributed by atoms with Crippen molar-refractivity contribution in [1.29, 1.82) is 0 Å². The summed E-state index contributed by atoms with van der Waals surface area (Å²) in [7, 11) is 0. The number of amides is 1. The largest absolute Gasteiger partial charge is 0.481 e. The van der Waals surface area contributed by atoms with Gasteiger partial charge in [-0.3, -0.25) is 9.59 Å². The summed E-state index contributed by atoms with van der Waals surface area (Å²) < 4.78 is 0. The van der Waals surface area contributed by atoms with Crippen LogP contribution in [0.3, 0.4) is 0 Å². The number of carboxylic acids is 1. The second kappa shape index (κ2) is 4.64. The molecule has 5 heteroatoms. The van der Waals surface area contributed by atoms with Crippen LogP contribution in [0.2, 0.25) is 0 Å². The van der Waals surface area contributed by atoms with Crippen molar-refractivity contribution in [2.75, 3.05) is 26.2 Å². The van der Waals surface area contributed by atoms with Gasteiger partial charge in [-0.05, 0) is 19.3 Å². The number of carboxylic acid groups (broad SMARTS) is 1. The minimum Gasteiger partial charge on any atom is -0.481 e. The molecule has 2 N–H and O–H groups in total. The third kappa shape index (κ3) is 2.16. The summed E-state index contributed by atoms with van der Waals surface area (Å²) in [5.41, 5.74) is -0.717. The summed E-state index contributed by atoms with van der Waals surface area (Å²) in [6.45, 7) is 4.47. The number of rotatable bonds is 3. The molecule has 0 saturated carbocycles. The van der Waals surface area contributed by atoms with Crippen LogP contribution in [0.25, 0.3) is 0 Å². The summed E-state index contributed by atoms with van der Waals surface area (Å²) in [6.07, 6.45) is 2.08. The fraction of sp³-hybridized carbons (Fsp3) is 0.833. The molecule has 96 valence electrons. The van der Waals surface area contributed by atoms with Crippen LogP contribution in [0.5, 0.6) is 0 Å². The van der Waals surface area contributed by atoms with Crippen molar-refractivity contribution in [3.05, 3.63) is 0 Å². The van der Waals surface area contributed by atoms with E-state index in [1.807, 2.05) is 6.92 Å². The minimum atomic E-state index is -0.760. The third-order valence-corrected chi connectivity index (χ3v) is 4.15. The maximum atomic E-state index is 12.1. The first-order chi connectivity index (χ1) is 8.09. The lowest BCUT2D eigenvalue weighted by atomic mass is 9.77. The summed E-state index contributed by atoms with van der Waals surface area (Å²) >= 11 is 0. The number of nitrogens with zero attached hydrogens (tertiary/aromatic N) is 1. The highest BCUT2D eigenvalue weighted by molar-refractivity contribution is 5.82. The standard InChI is InChI=1S/C12H20N2O3/c1-2-12(11(16)17)4-3-5-14(8-12)10(15)9-6-13-7-9/h9,13H,2-8H2,1H3,(H,16,17). The van der Waals surface area contributed by atoms with Crippen molar-refractivity contribution < 1.29 is 14.7 Å². The van der Waals surface area contributed by atoms with Crippen molar-refractivity contribution >= 4 is 11.9 Å². The van der Waals surface area contributed by atoms with E-state index in [1.165, 1.54) is 0 Å². The average Bonchev–Trinajstić information content (AvgIpc) is 2.26. The fourth-order valence-electron chi connectivity index (χ4n) is 2.66. The minimum absolute atomic E-state index is 0.0662. The number of carbonyl (C=O) groups excluding carboxylic acids is 1. The van der Waals surface area contributed by atoms with Crippen LogP contribution < -0.4 is 5.32 Å². The molecule has 5 nitrogen and oxygen atoms in total. The van der Waals surface area contributed by atoms with Crippen LogP contribution in [-0.2, 0) is 9.59 Å². The summed E-state index contributed by atoms with van der Waals surface area (Å²) in [6, 6.07) is 0. The topological polar surface area (TPSA) is 69.6 Å². The molecule has 0 aromatic rings. The SMILES string of the molecule is CCC1(C(=O)O)CCCN(C(=O)C2CNC2)C1. The van der Waals surface area contributed by atoms with Gasteiger partial charge in [-0.2, -0.15) is 0 Å². The Labute approximate surface area is 101 Å². The molecule has 2 rings (SSSR count). The zero-order valence-electron chi connectivity index (χ0n) is 10.2. The number of nitrogens with one attached hydrogen (secondary N) is 1. The van der Waals surface area contributed by atoms with Gasteiger partial charge in [0.1, 0.15) is 0 Å². The number of piperidine rings is 1. The molecule has 1 atom stereocenters. The van der Waals surface area contributed by atoms with Crippen molar-refractivity contribution in [3.63, 3.8) is 0 Å². The lowest BCUT2D eigenvalue weighted by molar-refractivity contribution is -0.156. The van der Waals surface area contributed by atoms with Gasteiger partial charge in [0.15, 0.2) is 0 Å². The molecule has 0 spiro atoms. The zero-order chi connectivity index (χ0) is 12.5. The molecule has 2 aliphatic heterocycles. The van der Waals surface area contributed by atoms with Crippen LogP contribution in [0.4, 0.5) is 0 Å². The normalized spacial score (nSPS) is 29.8. The van der Waals surface area contributed by atoms with Crippen LogP contribution in [0, 0.1) is 11.3 Å². The maximum Gasteiger partial charge on any atom is 0.311 e. The van der Waals surface area contributed by atoms with E-state index in [4.69, 9.17) is 0 Å². The Morgan fingerprint density at radius 1 is 1.47 bits per heavy atom. The van der Waals surface area contributed by atoms with Gasteiger partial charge >= 0.3 is 5.97 Å². The molecule has 17 heavy (non-hydrogen) atoms. The van der Waals surface area contributed by atoms with E-state index < -0.39 is 11.4 Å². The molecule has 0 aliphatic carbocycles. The zero-order valence-corrected chi connectivity index (χ0v) is 10.2. The van der Waals surface area contributed by atoms with Crippen molar-refractivity contribution in [1.82, 2.24) is 10.2 Å². The van der Waals surface area contributed by atoms with Gasteiger partial charge in [-0.1, -0.05) is 6.92 Å². The lowest BCUT2D eigenvalue weighted by Crippen LogP contribution is -2.56. The van der Waals surface area contributed by atoms with E-state index >= 15 is 0 Å². The highest BCUT2D eigenvalue weighted by atomic mass is 16.4. The Morgan fingerprint density at radius 2 is 2.18 bits per heavy atom. The fourth-order valence-corrected chi connectivity index (χ4v) is 2.66. The predicted molar refractivity (Wildman–Crippen MR) is 62.5 cm³/mol. The third-order valence-electron chi connectivity index (χ3n) is 4.15. The first-order valence-electron chi connectivity index (χ1n) is 6.32. The van der Waals surface area contributed by atoms with Gasteiger partial charge in [-0.15, -0.1) is 0 Å². The molecule has 1 unspecified atom stereocenters. The first kappa shape index (κ1) is 12.4. The van der Waals surface area contributed by atoms with Crippen LogP contribution in [-0.4, -0.2) is 48.1 Å². The summed E-state index contributed by atoms with van der Waals surface area (Å²) in [5.74, 6) is -0.566. The van der Waals surface area contributed by atoms with E-state index in [1.54, 1.807) is 4.90 Å². The molecular weight excluding hydrogens is 220 g/mol. The van der Waals surface area contributed by atoms with Gasteiger partial charge in [-0.25, -0.2) is 0 Å². The number of carbonyl (C=O) groups is 2. The van der Waals surface area contributed by atoms with E-state index in [-0.39, 0.29) is 11.8 Å². The van der Waals surface area contributed by atoms with E-state index in [2.05, 4.69) is 5.32 Å². The average molecular weight is 240 g/mol. The predicted octanol–water partition coefficient (Wildman–Crippen LogP) is 0.309. The lowest BCUT2D eigenvalue weighted by Gasteiger charge is -2.42. The molecule has 0 aromatic heterocycles. The van der Waals surface area contributed by atoms with Gasteiger partial charge in [0.05, 0.1) is 11.3 Å². The van der Waals surface area contributed by atoms with Gasteiger partial charge < -0.3 is 15.3 Å². The Kier molecular flexibility index (Phi) is 3.38. The van der Waals surface area contributed by atoms with Gasteiger partial charge in [0, 0.05) is 26.2 Å². The van der Waals surface area contributed by atoms with Crippen molar-refractivity contribution in [2.24, 2.45) is 11.3 Å². The molecule has 1 amide bonds. The number of hydrogen-bond donors (Lipinski definition) is 2. The Morgan fingerprint density at radius 3 is 2.65 bits per heavy atom. The molecule has 2 fully saturated rings. The second-order valence-corrected chi connectivity index (χ2v) is 5.16. The highest BCUT2D eigenvalue weighted by Crippen LogP contribution is 2.34. The second-order valence-electron chi connectivity index (χ2n) is 5.16. The molecule has 0 aromatic carbocycles. The number of aliphatic carboxylic acids is 1. The van der Waals surface area contributed by atoms with Crippen LogP contribution >= 0.6 is 0 Å². The molecule has 0 bridgehead atoms. The van der Waals surface area contributed by atoms with Gasteiger partial charge in [0.25, 0.3) is 0 Å². The quantitative estimate of drug-likeness (QED) is 0.745. The highest BCUT2D eigenvalue weighted by Gasteiger charge is 2.43. The van der Waals surface area contributed by atoms with E-state index in [0.29, 0.717) is 25.9 Å². The summed E-state index contributed by atoms with van der Waals surface area (Å²) in [5, 5.41) is 12.4. The Balaban J connectivity index is 2.05. The number of likely N-dealkylation sites (tertiary alicyclic amines) is 1. The van der Waals surface area contributed by atoms with Crippen LogP contribution in [0.15, 0.2) is 0 Å². The monoisotopic (exact) mass is 240 g/mol. The molecule has 2 aliphatic rings. The van der Waals surface area contributed by atoms with Crippen LogP contribution in [0.1, 0.15) is 26.2 Å². The first-order valence-corrected chi connectivity index (χ1v) is 6.32. The van der Waals surface area contributed by atoms with E-state index in [0.717, 1.165) is 19.5 Å². The smallest absolute Gasteiger partial charge is 0.311 e. The summed E-state index contributed by atoms with van der Waals surface area (Å²) in [4.78, 5) is 25.2. The van der Waals surface area contributed by atoms with Crippen molar-refractivity contribution in [3.8, 4) is 0 Å². The molecule has 0 radical (unpaired) electrons.